The molecule has 1 saturated heterocycles. The minimum absolute atomic E-state index is 0.0694. The van der Waals surface area contributed by atoms with E-state index in [2.05, 4.69) is 12.2 Å². The summed E-state index contributed by atoms with van der Waals surface area (Å²) in [6.45, 7) is 2.76. The molecule has 1 heterocycles. The van der Waals surface area contributed by atoms with Gasteiger partial charge in [-0.25, -0.2) is 0 Å². The van der Waals surface area contributed by atoms with Crippen LogP contribution in [0.2, 0.25) is 0 Å². The van der Waals surface area contributed by atoms with Crippen LogP contribution in [0.1, 0.15) is 19.8 Å². The van der Waals surface area contributed by atoms with Gasteiger partial charge >= 0.3 is 0 Å². The molecule has 0 aromatic carbocycles. The lowest BCUT2D eigenvalue weighted by Gasteiger charge is -2.10. The molecule has 2 nitrogen and oxygen atoms in total. The van der Waals surface area contributed by atoms with Crippen LogP contribution in [0, 0.1) is 5.92 Å². The quantitative estimate of drug-likeness (QED) is 0.564. The van der Waals surface area contributed by atoms with Crippen molar-refractivity contribution in [3.05, 3.63) is 12.2 Å². The first kappa shape index (κ1) is 7.32. The summed E-state index contributed by atoms with van der Waals surface area (Å²) in [6, 6.07) is 0. The van der Waals surface area contributed by atoms with E-state index in [9.17, 15) is 0 Å². The molecule has 0 bridgehead atoms. The Balaban J connectivity index is 1.89. The second kappa shape index (κ2) is 2.95. The van der Waals surface area contributed by atoms with Crippen molar-refractivity contribution >= 4 is 0 Å². The first-order valence-corrected chi connectivity index (χ1v) is 4.34. The van der Waals surface area contributed by atoms with Gasteiger partial charge in [0, 0.05) is 18.9 Å². The van der Waals surface area contributed by atoms with Gasteiger partial charge in [-0.15, -0.1) is 0 Å². The molecule has 0 saturated carbocycles. The molecule has 2 heteroatoms. The average Bonchev–Trinajstić information content (AvgIpc) is 2.46. The molecule has 0 aromatic rings. The normalized spacial score (nSPS) is 41.4. The van der Waals surface area contributed by atoms with Gasteiger partial charge in [-0.3, -0.25) is 0 Å². The monoisotopic (exact) mass is 154 g/mol. The third-order valence-electron chi connectivity index (χ3n) is 2.37. The Morgan fingerprint density at radius 2 is 2.55 bits per heavy atom. The van der Waals surface area contributed by atoms with E-state index in [1.807, 2.05) is 6.92 Å². The van der Waals surface area contributed by atoms with Crippen molar-refractivity contribution in [3.8, 4) is 0 Å². The van der Waals surface area contributed by atoms with Crippen LogP contribution in [0.4, 0.5) is 0 Å². The van der Waals surface area contributed by atoms with Gasteiger partial charge in [-0.1, -0.05) is 12.2 Å². The van der Waals surface area contributed by atoms with Crippen molar-refractivity contribution in [1.29, 1.82) is 0 Å². The molecule has 0 radical (unpaired) electrons. The van der Waals surface area contributed by atoms with Gasteiger partial charge in [0.25, 0.3) is 0 Å². The Morgan fingerprint density at radius 3 is 3.27 bits per heavy atom. The maximum absolute atomic E-state index is 5.64. The van der Waals surface area contributed by atoms with E-state index >= 15 is 0 Å². The summed E-state index contributed by atoms with van der Waals surface area (Å²) < 4.78 is 11.0. The Morgan fingerprint density at radius 1 is 1.64 bits per heavy atom. The molecule has 1 fully saturated rings. The van der Waals surface area contributed by atoms with Crippen LogP contribution >= 0.6 is 0 Å². The molecule has 0 amide bonds. The standard InChI is InChI=1S/C9H14O2/c1-2-10-9-6-7-4-3-5-8(7)11-9/h3-4,7-9H,2,5-6H2,1H3/t7-,8-,9?/m1/s1. The summed E-state index contributed by atoms with van der Waals surface area (Å²) in [7, 11) is 0. The van der Waals surface area contributed by atoms with Gasteiger partial charge in [-0.2, -0.15) is 0 Å². The Hall–Kier alpha value is -0.340. The number of hydrogen-bond acceptors (Lipinski definition) is 2. The number of fused-ring (bicyclic) bond motifs is 1. The van der Waals surface area contributed by atoms with Crippen molar-refractivity contribution in [1.82, 2.24) is 0 Å². The zero-order valence-electron chi connectivity index (χ0n) is 6.82. The van der Waals surface area contributed by atoms with Crippen LogP contribution in [0.3, 0.4) is 0 Å². The molecule has 1 aliphatic heterocycles. The Kier molecular flexibility index (Phi) is 1.96. The fourth-order valence-corrected chi connectivity index (χ4v) is 1.84. The molecule has 0 N–H and O–H groups in total. The van der Waals surface area contributed by atoms with E-state index in [4.69, 9.17) is 9.47 Å². The molecule has 1 unspecified atom stereocenters. The van der Waals surface area contributed by atoms with Crippen molar-refractivity contribution in [3.63, 3.8) is 0 Å². The van der Waals surface area contributed by atoms with Crippen LogP contribution < -0.4 is 0 Å². The van der Waals surface area contributed by atoms with Gasteiger partial charge in [0.05, 0.1) is 6.10 Å². The highest BCUT2D eigenvalue weighted by atomic mass is 16.7. The van der Waals surface area contributed by atoms with Crippen molar-refractivity contribution in [2.24, 2.45) is 5.92 Å². The molecular weight excluding hydrogens is 140 g/mol. The Labute approximate surface area is 67.2 Å². The number of ether oxygens (including phenoxy) is 2. The van der Waals surface area contributed by atoms with E-state index in [1.165, 1.54) is 0 Å². The number of hydrogen-bond donors (Lipinski definition) is 0. The summed E-state index contributed by atoms with van der Waals surface area (Å²) in [4.78, 5) is 0. The first-order valence-electron chi connectivity index (χ1n) is 4.34. The fraction of sp³-hybridized carbons (Fsp3) is 0.778. The smallest absolute Gasteiger partial charge is 0.158 e. The van der Waals surface area contributed by atoms with Crippen molar-refractivity contribution < 1.29 is 9.47 Å². The maximum atomic E-state index is 5.64. The lowest BCUT2D eigenvalue weighted by Crippen LogP contribution is -2.13. The van der Waals surface area contributed by atoms with E-state index in [0.717, 1.165) is 19.4 Å². The molecule has 2 aliphatic rings. The third-order valence-corrected chi connectivity index (χ3v) is 2.37. The average molecular weight is 154 g/mol. The summed E-state index contributed by atoms with van der Waals surface area (Å²) in [6.07, 6.45) is 7.08. The number of rotatable bonds is 2. The fourth-order valence-electron chi connectivity index (χ4n) is 1.84. The van der Waals surface area contributed by atoms with E-state index in [1.54, 1.807) is 0 Å². The highest BCUT2D eigenvalue weighted by Crippen LogP contribution is 2.34. The molecule has 2 rings (SSSR count). The van der Waals surface area contributed by atoms with E-state index < -0.39 is 0 Å². The minimum Gasteiger partial charge on any atom is -0.353 e. The largest absolute Gasteiger partial charge is 0.353 e. The summed E-state index contributed by atoms with van der Waals surface area (Å²) in [5.74, 6) is 0.631. The van der Waals surface area contributed by atoms with E-state index in [0.29, 0.717) is 12.0 Å². The van der Waals surface area contributed by atoms with Gasteiger partial charge in [0.15, 0.2) is 6.29 Å². The molecule has 62 valence electrons. The van der Waals surface area contributed by atoms with Gasteiger partial charge in [0.2, 0.25) is 0 Å². The molecule has 0 spiro atoms. The predicted octanol–water partition coefficient (Wildman–Crippen LogP) is 1.71. The molecule has 11 heavy (non-hydrogen) atoms. The van der Waals surface area contributed by atoms with Crippen molar-refractivity contribution in [2.75, 3.05) is 6.61 Å². The van der Waals surface area contributed by atoms with Crippen LogP contribution in [-0.2, 0) is 9.47 Å². The van der Waals surface area contributed by atoms with Crippen LogP contribution in [0.15, 0.2) is 12.2 Å². The molecule has 0 aromatic heterocycles. The van der Waals surface area contributed by atoms with Gasteiger partial charge < -0.3 is 9.47 Å². The summed E-state index contributed by atoms with van der Waals surface area (Å²) in [5.41, 5.74) is 0. The highest BCUT2D eigenvalue weighted by molar-refractivity contribution is 5.05. The molecule has 3 atom stereocenters. The topological polar surface area (TPSA) is 18.5 Å². The predicted molar refractivity (Wildman–Crippen MR) is 42.2 cm³/mol. The summed E-state index contributed by atoms with van der Waals surface area (Å²) in [5, 5.41) is 0. The second-order valence-corrected chi connectivity index (χ2v) is 3.12. The molecule has 1 aliphatic carbocycles. The lowest BCUT2D eigenvalue weighted by atomic mass is 10.1. The lowest BCUT2D eigenvalue weighted by molar-refractivity contribution is -0.129. The summed E-state index contributed by atoms with van der Waals surface area (Å²) >= 11 is 0. The zero-order valence-corrected chi connectivity index (χ0v) is 6.82. The highest BCUT2D eigenvalue weighted by Gasteiger charge is 2.35. The Bertz CT molecular complexity index is 165. The van der Waals surface area contributed by atoms with E-state index in [-0.39, 0.29) is 6.29 Å². The zero-order chi connectivity index (χ0) is 7.68. The van der Waals surface area contributed by atoms with Crippen LogP contribution in [0.5, 0.6) is 0 Å². The van der Waals surface area contributed by atoms with Gasteiger partial charge in [0.1, 0.15) is 0 Å². The molecular formula is C9H14O2. The van der Waals surface area contributed by atoms with Crippen molar-refractivity contribution in [2.45, 2.75) is 32.2 Å². The second-order valence-electron chi connectivity index (χ2n) is 3.12. The van der Waals surface area contributed by atoms with Gasteiger partial charge in [-0.05, 0) is 13.3 Å². The SMILES string of the molecule is CCOC1C[C@H]2C=CC[C@H]2O1. The van der Waals surface area contributed by atoms with Crippen LogP contribution in [0.25, 0.3) is 0 Å². The minimum atomic E-state index is 0.0694. The van der Waals surface area contributed by atoms with Crippen LogP contribution in [-0.4, -0.2) is 19.0 Å². The third kappa shape index (κ3) is 1.33. The first-order chi connectivity index (χ1) is 5.40. The maximum Gasteiger partial charge on any atom is 0.158 e.